The molecule has 0 bridgehead atoms. The minimum atomic E-state index is 0.175. The quantitative estimate of drug-likeness (QED) is 0.664. The van der Waals surface area contributed by atoms with Gasteiger partial charge in [0.25, 0.3) is 5.91 Å². The van der Waals surface area contributed by atoms with Crippen molar-refractivity contribution >= 4 is 21.8 Å². The lowest BCUT2D eigenvalue weighted by Crippen LogP contribution is -2.38. The van der Waals surface area contributed by atoms with Crippen LogP contribution in [0, 0.1) is 0 Å². The SMILES string of the molecule is CCCCCN(C(=O)c1cc(Br)cn1C1CC1)C(C)C. The molecular weight excluding hydrogens is 316 g/mol. The molecule has 2 rings (SSSR count). The van der Waals surface area contributed by atoms with E-state index in [1.807, 2.05) is 11.0 Å². The van der Waals surface area contributed by atoms with Crippen LogP contribution in [0.25, 0.3) is 0 Å². The van der Waals surface area contributed by atoms with Crippen molar-refractivity contribution in [2.45, 2.75) is 65.0 Å². The largest absolute Gasteiger partial charge is 0.339 e. The highest BCUT2D eigenvalue weighted by molar-refractivity contribution is 9.10. The van der Waals surface area contributed by atoms with Gasteiger partial charge in [-0.25, -0.2) is 0 Å². The van der Waals surface area contributed by atoms with Crippen LogP contribution >= 0.6 is 15.9 Å². The Morgan fingerprint density at radius 3 is 2.70 bits per heavy atom. The summed E-state index contributed by atoms with van der Waals surface area (Å²) in [6, 6.07) is 2.75. The van der Waals surface area contributed by atoms with Crippen LogP contribution in [-0.4, -0.2) is 28.0 Å². The second-order valence-electron chi connectivity index (χ2n) is 5.98. The van der Waals surface area contributed by atoms with Crippen molar-refractivity contribution in [2.75, 3.05) is 6.54 Å². The molecule has 0 aromatic carbocycles. The van der Waals surface area contributed by atoms with E-state index in [9.17, 15) is 4.79 Å². The van der Waals surface area contributed by atoms with Crippen LogP contribution in [0.1, 0.15) is 69.4 Å². The van der Waals surface area contributed by atoms with Gasteiger partial charge in [0.2, 0.25) is 0 Å². The van der Waals surface area contributed by atoms with E-state index in [1.54, 1.807) is 0 Å². The third kappa shape index (κ3) is 3.66. The van der Waals surface area contributed by atoms with Crippen LogP contribution in [0.5, 0.6) is 0 Å². The molecule has 0 unspecified atom stereocenters. The highest BCUT2D eigenvalue weighted by Crippen LogP contribution is 2.37. The summed E-state index contributed by atoms with van der Waals surface area (Å²) in [4.78, 5) is 14.8. The lowest BCUT2D eigenvalue weighted by atomic mass is 10.2. The summed E-state index contributed by atoms with van der Waals surface area (Å²) in [6.07, 6.45) is 7.90. The Morgan fingerprint density at radius 1 is 1.45 bits per heavy atom. The van der Waals surface area contributed by atoms with Gasteiger partial charge in [-0.1, -0.05) is 19.8 Å². The molecule has 0 atom stereocenters. The average Bonchev–Trinajstić information content (AvgIpc) is 3.16. The molecule has 1 aromatic heterocycles. The standard InChI is InChI=1S/C16H25BrN2O/c1-4-5-6-9-18(12(2)3)16(20)15-10-13(17)11-19(15)14-7-8-14/h10-12,14H,4-9H2,1-3H3. The number of amides is 1. The number of halogens is 1. The second-order valence-corrected chi connectivity index (χ2v) is 6.90. The zero-order valence-corrected chi connectivity index (χ0v) is 14.3. The fourth-order valence-electron chi connectivity index (χ4n) is 2.55. The topological polar surface area (TPSA) is 25.2 Å². The van der Waals surface area contributed by atoms with Crippen molar-refractivity contribution in [2.24, 2.45) is 0 Å². The average molecular weight is 341 g/mol. The lowest BCUT2D eigenvalue weighted by molar-refractivity contribution is 0.0691. The van der Waals surface area contributed by atoms with E-state index in [-0.39, 0.29) is 11.9 Å². The van der Waals surface area contributed by atoms with E-state index >= 15 is 0 Å². The first kappa shape index (κ1) is 15.6. The predicted octanol–water partition coefficient (Wildman–Crippen LogP) is 4.63. The Kier molecular flexibility index (Phi) is 5.30. The summed E-state index contributed by atoms with van der Waals surface area (Å²) in [7, 11) is 0. The number of carbonyl (C=O) groups excluding carboxylic acids is 1. The molecule has 1 saturated carbocycles. The molecule has 0 radical (unpaired) electrons. The van der Waals surface area contributed by atoms with E-state index < -0.39 is 0 Å². The number of hydrogen-bond acceptors (Lipinski definition) is 1. The van der Waals surface area contributed by atoms with Gasteiger partial charge in [-0.15, -0.1) is 0 Å². The van der Waals surface area contributed by atoms with Gasteiger partial charge in [0.05, 0.1) is 0 Å². The number of rotatable bonds is 7. The Morgan fingerprint density at radius 2 is 2.15 bits per heavy atom. The number of hydrogen-bond donors (Lipinski definition) is 0. The van der Waals surface area contributed by atoms with Crippen LogP contribution < -0.4 is 0 Å². The summed E-state index contributed by atoms with van der Waals surface area (Å²) in [5, 5.41) is 0. The number of nitrogens with zero attached hydrogens (tertiary/aromatic N) is 2. The molecule has 1 heterocycles. The number of aromatic nitrogens is 1. The zero-order valence-electron chi connectivity index (χ0n) is 12.7. The molecule has 1 aliphatic carbocycles. The monoisotopic (exact) mass is 340 g/mol. The van der Waals surface area contributed by atoms with Crippen molar-refractivity contribution < 1.29 is 4.79 Å². The van der Waals surface area contributed by atoms with Crippen molar-refractivity contribution in [1.29, 1.82) is 0 Å². The van der Waals surface area contributed by atoms with E-state index in [4.69, 9.17) is 0 Å². The molecule has 1 aliphatic rings. The van der Waals surface area contributed by atoms with Gasteiger partial charge in [0, 0.05) is 29.3 Å². The molecule has 1 amide bonds. The highest BCUT2D eigenvalue weighted by Gasteiger charge is 2.30. The fraction of sp³-hybridized carbons (Fsp3) is 0.688. The molecule has 20 heavy (non-hydrogen) atoms. The minimum Gasteiger partial charge on any atom is -0.339 e. The second kappa shape index (κ2) is 6.79. The lowest BCUT2D eigenvalue weighted by Gasteiger charge is -2.27. The van der Waals surface area contributed by atoms with E-state index in [2.05, 4.69) is 47.5 Å². The van der Waals surface area contributed by atoms with E-state index in [0.717, 1.165) is 23.1 Å². The minimum absolute atomic E-state index is 0.175. The molecule has 0 spiro atoms. The molecule has 1 aromatic rings. The first-order valence-electron chi connectivity index (χ1n) is 7.73. The summed E-state index contributed by atoms with van der Waals surface area (Å²) >= 11 is 3.51. The van der Waals surface area contributed by atoms with Crippen LogP contribution in [-0.2, 0) is 0 Å². The Hall–Kier alpha value is -0.770. The van der Waals surface area contributed by atoms with Crippen molar-refractivity contribution in [3.8, 4) is 0 Å². The van der Waals surface area contributed by atoms with Crippen LogP contribution in [0.15, 0.2) is 16.7 Å². The van der Waals surface area contributed by atoms with Crippen molar-refractivity contribution in [3.05, 3.63) is 22.4 Å². The highest BCUT2D eigenvalue weighted by atomic mass is 79.9. The molecule has 0 saturated heterocycles. The van der Waals surface area contributed by atoms with Crippen molar-refractivity contribution in [1.82, 2.24) is 9.47 Å². The first-order chi connectivity index (χ1) is 9.54. The zero-order chi connectivity index (χ0) is 14.7. The van der Waals surface area contributed by atoms with Gasteiger partial charge >= 0.3 is 0 Å². The molecule has 0 N–H and O–H groups in total. The molecular formula is C16H25BrN2O. The molecule has 1 fully saturated rings. The Balaban J connectivity index is 2.14. The van der Waals surface area contributed by atoms with Crippen LogP contribution in [0.3, 0.4) is 0 Å². The fourth-order valence-corrected chi connectivity index (χ4v) is 2.98. The summed E-state index contributed by atoms with van der Waals surface area (Å²) in [6.45, 7) is 7.25. The van der Waals surface area contributed by atoms with Gasteiger partial charge in [-0.3, -0.25) is 4.79 Å². The van der Waals surface area contributed by atoms with E-state index in [0.29, 0.717) is 6.04 Å². The maximum atomic E-state index is 12.8. The normalized spacial score (nSPS) is 14.8. The van der Waals surface area contributed by atoms with Gasteiger partial charge in [-0.05, 0) is 55.1 Å². The van der Waals surface area contributed by atoms with Crippen molar-refractivity contribution in [3.63, 3.8) is 0 Å². The maximum absolute atomic E-state index is 12.8. The molecule has 4 heteroatoms. The Labute approximate surface area is 130 Å². The van der Waals surface area contributed by atoms with Crippen LogP contribution in [0.4, 0.5) is 0 Å². The summed E-state index contributed by atoms with van der Waals surface area (Å²) in [5.41, 5.74) is 0.838. The summed E-state index contributed by atoms with van der Waals surface area (Å²) in [5.74, 6) is 0.175. The third-order valence-electron chi connectivity index (χ3n) is 3.86. The van der Waals surface area contributed by atoms with Gasteiger partial charge < -0.3 is 9.47 Å². The number of unbranched alkanes of at least 4 members (excludes halogenated alkanes) is 2. The van der Waals surface area contributed by atoms with Gasteiger partial charge in [-0.2, -0.15) is 0 Å². The smallest absolute Gasteiger partial charge is 0.270 e. The third-order valence-corrected chi connectivity index (χ3v) is 4.30. The Bertz CT molecular complexity index is 463. The van der Waals surface area contributed by atoms with Gasteiger partial charge in [0.1, 0.15) is 5.69 Å². The molecule has 3 nitrogen and oxygen atoms in total. The maximum Gasteiger partial charge on any atom is 0.270 e. The predicted molar refractivity (Wildman–Crippen MR) is 86.1 cm³/mol. The van der Waals surface area contributed by atoms with Crippen LogP contribution in [0.2, 0.25) is 0 Å². The van der Waals surface area contributed by atoms with Gasteiger partial charge in [0.15, 0.2) is 0 Å². The summed E-state index contributed by atoms with van der Waals surface area (Å²) < 4.78 is 3.16. The first-order valence-corrected chi connectivity index (χ1v) is 8.52. The number of carbonyl (C=O) groups is 1. The molecule has 0 aliphatic heterocycles. The van der Waals surface area contributed by atoms with E-state index in [1.165, 1.54) is 25.7 Å². The molecule has 112 valence electrons.